The fraction of sp³-hybridized carbons (Fsp3) is 0.474. The molecule has 130 valence electrons. The van der Waals surface area contributed by atoms with Crippen LogP contribution in [0, 0.1) is 6.92 Å². The van der Waals surface area contributed by atoms with Gasteiger partial charge in [-0.15, -0.1) is 0 Å². The minimum absolute atomic E-state index is 0.0237. The first-order chi connectivity index (χ1) is 11.5. The van der Waals surface area contributed by atoms with Gasteiger partial charge in [-0.05, 0) is 51.6 Å². The maximum absolute atomic E-state index is 12.7. The zero-order chi connectivity index (χ0) is 17.7. The maximum atomic E-state index is 12.7. The zero-order valence-electron chi connectivity index (χ0n) is 15.4. The quantitative estimate of drug-likeness (QED) is 0.850. The van der Waals surface area contributed by atoms with E-state index < -0.39 is 0 Å². The second-order valence-corrected chi connectivity index (χ2v) is 6.29. The number of carbonyl (C=O) groups excluding carboxylic acids is 1. The van der Waals surface area contributed by atoms with Crippen molar-refractivity contribution in [1.29, 1.82) is 0 Å². The van der Waals surface area contributed by atoms with Crippen molar-refractivity contribution in [3.63, 3.8) is 0 Å². The number of hydrogen-bond acceptors (Lipinski definition) is 3. The molecule has 0 atom stereocenters. The van der Waals surface area contributed by atoms with Gasteiger partial charge in [0.2, 0.25) is 0 Å². The average molecular weight is 328 g/mol. The van der Waals surface area contributed by atoms with Crippen LogP contribution in [0.5, 0.6) is 0 Å². The molecule has 1 heterocycles. The Balaban J connectivity index is 2.39. The Morgan fingerprint density at radius 3 is 2.58 bits per heavy atom. The minimum Gasteiger partial charge on any atom is -0.351 e. The molecule has 24 heavy (non-hydrogen) atoms. The van der Waals surface area contributed by atoms with E-state index in [0.29, 0.717) is 6.54 Å². The van der Waals surface area contributed by atoms with Gasteiger partial charge in [-0.2, -0.15) is 5.10 Å². The van der Waals surface area contributed by atoms with Crippen molar-refractivity contribution in [3.8, 4) is 5.69 Å². The number of hydrogen-bond donors (Lipinski definition) is 1. The molecule has 2 aromatic rings. The molecule has 1 N–H and O–H groups in total. The van der Waals surface area contributed by atoms with E-state index in [1.54, 1.807) is 0 Å². The summed E-state index contributed by atoms with van der Waals surface area (Å²) in [7, 11) is 3.99. The number of nitrogens with zero attached hydrogens (tertiary/aromatic N) is 3. The molecule has 0 saturated heterocycles. The number of nitrogens with one attached hydrogen (secondary N) is 1. The van der Waals surface area contributed by atoms with Crippen LogP contribution in [0.4, 0.5) is 0 Å². The van der Waals surface area contributed by atoms with Gasteiger partial charge in [0.15, 0.2) is 0 Å². The third kappa shape index (κ3) is 4.03. The third-order valence-electron chi connectivity index (χ3n) is 4.04. The Bertz CT molecular complexity index is 703. The first-order valence-corrected chi connectivity index (χ1v) is 8.58. The molecule has 2 rings (SSSR count). The predicted molar refractivity (Wildman–Crippen MR) is 97.9 cm³/mol. The molecule has 0 aliphatic rings. The summed E-state index contributed by atoms with van der Waals surface area (Å²) in [6.45, 7) is 7.63. The molecule has 0 aliphatic carbocycles. The molecule has 0 unspecified atom stereocenters. The SMILES string of the molecule is CCc1nn(-c2cccc(C)c2)c(CC)c1C(=O)NCCN(C)C. The van der Waals surface area contributed by atoms with Gasteiger partial charge in [0, 0.05) is 13.1 Å². The van der Waals surface area contributed by atoms with Crippen LogP contribution in [0.25, 0.3) is 5.69 Å². The Morgan fingerprint density at radius 1 is 1.25 bits per heavy atom. The van der Waals surface area contributed by atoms with E-state index in [2.05, 4.69) is 36.2 Å². The smallest absolute Gasteiger partial charge is 0.255 e. The molecule has 0 radical (unpaired) electrons. The second kappa shape index (κ2) is 8.11. The molecule has 5 nitrogen and oxygen atoms in total. The number of likely N-dealkylation sites (N-methyl/N-ethyl adjacent to an activating group) is 1. The van der Waals surface area contributed by atoms with Gasteiger partial charge in [0.05, 0.1) is 22.6 Å². The summed E-state index contributed by atoms with van der Waals surface area (Å²) in [5.74, 6) is -0.0237. The lowest BCUT2D eigenvalue weighted by atomic mass is 10.1. The van der Waals surface area contributed by atoms with Crippen molar-refractivity contribution in [2.45, 2.75) is 33.6 Å². The fourth-order valence-corrected chi connectivity index (χ4v) is 2.79. The van der Waals surface area contributed by atoms with Gasteiger partial charge in [-0.1, -0.05) is 26.0 Å². The molecule has 1 amide bonds. The minimum atomic E-state index is -0.0237. The Morgan fingerprint density at radius 2 is 2.00 bits per heavy atom. The van der Waals surface area contributed by atoms with Crippen LogP contribution in [0.3, 0.4) is 0 Å². The third-order valence-corrected chi connectivity index (χ3v) is 4.04. The van der Waals surface area contributed by atoms with Crippen molar-refractivity contribution in [1.82, 2.24) is 20.0 Å². The number of aryl methyl sites for hydroxylation is 2. The normalized spacial score (nSPS) is 11.1. The standard InChI is InChI=1S/C19H28N4O/c1-6-16-18(19(24)20-11-12-22(4)5)17(7-2)23(21-16)15-10-8-9-14(3)13-15/h8-10,13H,6-7,11-12H2,1-5H3,(H,20,24). The highest BCUT2D eigenvalue weighted by molar-refractivity contribution is 5.96. The van der Waals surface area contributed by atoms with Gasteiger partial charge >= 0.3 is 0 Å². The number of rotatable bonds is 7. The molecule has 0 fully saturated rings. The molecular formula is C19H28N4O. The van der Waals surface area contributed by atoms with E-state index in [-0.39, 0.29) is 5.91 Å². The van der Waals surface area contributed by atoms with Gasteiger partial charge in [-0.3, -0.25) is 4.79 Å². The van der Waals surface area contributed by atoms with Gasteiger partial charge in [0.1, 0.15) is 0 Å². The Hall–Kier alpha value is -2.14. The Labute approximate surface area is 144 Å². The summed E-state index contributed by atoms with van der Waals surface area (Å²) < 4.78 is 1.92. The van der Waals surface area contributed by atoms with Gasteiger partial charge in [0.25, 0.3) is 5.91 Å². The first kappa shape index (κ1) is 18.2. The van der Waals surface area contributed by atoms with Crippen molar-refractivity contribution in [3.05, 3.63) is 46.8 Å². The number of benzene rings is 1. The molecule has 1 aromatic carbocycles. The molecule has 0 aliphatic heterocycles. The second-order valence-electron chi connectivity index (χ2n) is 6.29. The van der Waals surface area contributed by atoms with E-state index in [0.717, 1.165) is 42.0 Å². The Kier molecular flexibility index (Phi) is 6.15. The van der Waals surface area contributed by atoms with E-state index >= 15 is 0 Å². The topological polar surface area (TPSA) is 50.2 Å². The van der Waals surface area contributed by atoms with E-state index in [1.165, 1.54) is 5.56 Å². The maximum Gasteiger partial charge on any atom is 0.255 e. The highest BCUT2D eigenvalue weighted by Gasteiger charge is 2.22. The summed E-state index contributed by atoms with van der Waals surface area (Å²) in [6, 6.07) is 8.22. The summed E-state index contributed by atoms with van der Waals surface area (Å²) in [5.41, 5.74) is 4.75. The summed E-state index contributed by atoms with van der Waals surface area (Å²) in [4.78, 5) is 14.8. The monoisotopic (exact) mass is 328 g/mol. The molecule has 5 heteroatoms. The largest absolute Gasteiger partial charge is 0.351 e. The van der Waals surface area contributed by atoms with Crippen LogP contribution >= 0.6 is 0 Å². The van der Waals surface area contributed by atoms with Crippen LogP contribution in [-0.2, 0) is 12.8 Å². The summed E-state index contributed by atoms with van der Waals surface area (Å²) in [6.07, 6.45) is 1.50. The zero-order valence-corrected chi connectivity index (χ0v) is 15.4. The average Bonchev–Trinajstić information content (AvgIpc) is 2.93. The predicted octanol–water partition coefficient (Wildman–Crippen LogP) is 2.60. The van der Waals surface area contributed by atoms with Crippen LogP contribution in [0.2, 0.25) is 0 Å². The van der Waals surface area contributed by atoms with E-state index in [4.69, 9.17) is 5.10 Å². The van der Waals surface area contributed by atoms with Crippen molar-refractivity contribution < 1.29 is 4.79 Å². The lowest BCUT2D eigenvalue weighted by molar-refractivity contribution is 0.0949. The number of carbonyl (C=O) groups is 1. The highest BCUT2D eigenvalue weighted by atomic mass is 16.1. The van der Waals surface area contributed by atoms with E-state index in [1.807, 2.05) is 37.8 Å². The van der Waals surface area contributed by atoms with Gasteiger partial charge < -0.3 is 10.2 Å². The highest BCUT2D eigenvalue weighted by Crippen LogP contribution is 2.21. The van der Waals surface area contributed by atoms with Crippen molar-refractivity contribution in [2.24, 2.45) is 0 Å². The van der Waals surface area contributed by atoms with Crippen molar-refractivity contribution in [2.75, 3.05) is 27.2 Å². The lowest BCUT2D eigenvalue weighted by Crippen LogP contribution is -2.32. The van der Waals surface area contributed by atoms with Gasteiger partial charge in [-0.25, -0.2) is 4.68 Å². The first-order valence-electron chi connectivity index (χ1n) is 8.58. The van der Waals surface area contributed by atoms with E-state index in [9.17, 15) is 4.79 Å². The molecule has 0 bridgehead atoms. The summed E-state index contributed by atoms with van der Waals surface area (Å²) >= 11 is 0. The number of aromatic nitrogens is 2. The van der Waals surface area contributed by atoms with Crippen LogP contribution in [-0.4, -0.2) is 47.8 Å². The lowest BCUT2D eigenvalue weighted by Gasteiger charge is -2.11. The van der Waals surface area contributed by atoms with Crippen LogP contribution in [0.15, 0.2) is 24.3 Å². The van der Waals surface area contributed by atoms with Crippen LogP contribution in [0.1, 0.15) is 41.2 Å². The van der Waals surface area contributed by atoms with Crippen molar-refractivity contribution >= 4 is 5.91 Å². The molecule has 1 aromatic heterocycles. The molecule has 0 spiro atoms. The summed E-state index contributed by atoms with van der Waals surface area (Å²) in [5, 5.41) is 7.74. The number of amides is 1. The fourth-order valence-electron chi connectivity index (χ4n) is 2.79. The van der Waals surface area contributed by atoms with Crippen LogP contribution < -0.4 is 5.32 Å². The molecular weight excluding hydrogens is 300 g/mol. The molecule has 0 saturated carbocycles.